The largest absolute Gasteiger partial charge is 0.458 e. The molecule has 2 nitrogen and oxygen atoms in total. The van der Waals surface area contributed by atoms with Crippen LogP contribution in [0.2, 0.25) is 5.02 Å². The van der Waals surface area contributed by atoms with Crippen molar-refractivity contribution in [2.75, 3.05) is 0 Å². The van der Waals surface area contributed by atoms with Crippen LogP contribution in [0.3, 0.4) is 0 Å². The Kier molecular flexibility index (Phi) is 3.69. The number of hydrogen-bond donors (Lipinski definition) is 1. The van der Waals surface area contributed by atoms with Crippen molar-refractivity contribution in [2.24, 2.45) is 0 Å². The Morgan fingerprint density at radius 2 is 2.00 bits per heavy atom. The zero-order chi connectivity index (χ0) is 13.3. The van der Waals surface area contributed by atoms with Crippen LogP contribution in [0, 0.1) is 0 Å². The number of para-hydroxylation sites is 1. The Labute approximate surface area is 113 Å². The molecule has 0 spiro atoms. The van der Waals surface area contributed by atoms with Crippen LogP contribution in [-0.4, -0.2) is 5.54 Å². The third kappa shape index (κ3) is 2.70. The van der Waals surface area contributed by atoms with Crippen LogP contribution < -0.4 is 5.32 Å². The lowest BCUT2D eigenvalue weighted by Gasteiger charge is -2.19. The molecule has 0 radical (unpaired) electrons. The van der Waals surface area contributed by atoms with Crippen LogP contribution in [0.15, 0.2) is 22.6 Å². The fourth-order valence-electron chi connectivity index (χ4n) is 2.06. The molecule has 18 heavy (non-hydrogen) atoms. The predicted molar refractivity (Wildman–Crippen MR) is 77.2 cm³/mol. The standard InChI is InChI=1S/C15H20ClNO/c1-5-10-11-7-6-8-12(16)14(11)18-13(10)9-17-15(2,3)4/h6-8,17H,5,9H2,1-4H3. The molecular weight excluding hydrogens is 246 g/mol. The predicted octanol–water partition coefficient (Wildman–Crippen LogP) is 4.54. The van der Waals surface area contributed by atoms with Gasteiger partial charge in [0.25, 0.3) is 0 Å². The molecule has 1 heterocycles. The summed E-state index contributed by atoms with van der Waals surface area (Å²) in [6.07, 6.45) is 0.953. The van der Waals surface area contributed by atoms with E-state index in [4.69, 9.17) is 16.0 Å². The molecule has 98 valence electrons. The summed E-state index contributed by atoms with van der Waals surface area (Å²) in [6.45, 7) is 9.32. The van der Waals surface area contributed by atoms with E-state index in [-0.39, 0.29) is 5.54 Å². The van der Waals surface area contributed by atoms with E-state index in [0.29, 0.717) is 5.02 Å². The summed E-state index contributed by atoms with van der Waals surface area (Å²) in [5.74, 6) is 0.996. The van der Waals surface area contributed by atoms with Crippen LogP contribution in [0.4, 0.5) is 0 Å². The van der Waals surface area contributed by atoms with Crippen molar-refractivity contribution in [1.82, 2.24) is 5.32 Å². The molecule has 2 rings (SSSR count). The fraction of sp³-hybridized carbons (Fsp3) is 0.467. The van der Waals surface area contributed by atoms with Gasteiger partial charge in [-0.3, -0.25) is 0 Å². The molecule has 0 atom stereocenters. The maximum atomic E-state index is 6.18. The van der Waals surface area contributed by atoms with E-state index in [1.54, 1.807) is 0 Å². The minimum atomic E-state index is 0.0772. The molecule has 0 saturated carbocycles. The normalized spacial score (nSPS) is 12.3. The SMILES string of the molecule is CCc1c(CNC(C)(C)C)oc2c(Cl)cccc12. The van der Waals surface area contributed by atoms with Crippen molar-refractivity contribution in [2.45, 2.75) is 46.2 Å². The summed E-state index contributed by atoms with van der Waals surface area (Å²) in [5, 5.41) is 5.28. The highest BCUT2D eigenvalue weighted by Crippen LogP contribution is 2.31. The first-order valence-corrected chi connectivity index (χ1v) is 6.74. The van der Waals surface area contributed by atoms with Crippen molar-refractivity contribution >= 4 is 22.6 Å². The van der Waals surface area contributed by atoms with Crippen LogP contribution in [0.25, 0.3) is 11.0 Å². The molecule has 0 saturated heterocycles. The first-order chi connectivity index (χ1) is 8.42. The van der Waals surface area contributed by atoms with Crippen molar-refractivity contribution < 1.29 is 4.42 Å². The first-order valence-electron chi connectivity index (χ1n) is 6.36. The highest BCUT2D eigenvalue weighted by Gasteiger charge is 2.16. The molecule has 0 aliphatic carbocycles. The zero-order valence-electron chi connectivity index (χ0n) is 11.4. The van der Waals surface area contributed by atoms with E-state index in [9.17, 15) is 0 Å². The number of hydrogen-bond acceptors (Lipinski definition) is 2. The molecule has 0 fully saturated rings. The third-order valence-corrected chi connectivity index (χ3v) is 3.28. The van der Waals surface area contributed by atoms with Crippen molar-refractivity contribution in [3.05, 3.63) is 34.5 Å². The molecule has 0 amide bonds. The molecule has 0 aliphatic heterocycles. The van der Waals surface area contributed by atoms with Gasteiger partial charge in [-0.05, 0) is 33.3 Å². The van der Waals surface area contributed by atoms with Crippen LogP contribution in [0.1, 0.15) is 39.0 Å². The quantitative estimate of drug-likeness (QED) is 0.882. The summed E-state index contributed by atoms with van der Waals surface area (Å²) < 4.78 is 5.92. The maximum Gasteiger partial charge on any atom is 0.153 e. The number of halogens is 1. The second-order valence-electron chi connectivity index (χ2n) is 5.58. The Balaban J connectivity index is 2.41. The minimum Gasteiger partial charge on any atom is -0.458 e. The lowest BCUT2D eigenvalue weighted by molar-refractivity contribution is 0.393. The van der Waals surface area contributed by atoms with E-state index in [0.717, 1.165) is 29.7 Å². The van der Waals surface area contributed by atoms with Crippen LogP contribution >= 0.6 is 11.6 Å². The van der Waals surface area contributed by atoms with Gasteiger partial charge in [0.15, 0.2) is 5.58 Å². The molecular formula is C15H20ClNO. The second-order valence-corrected chi connectivity index (χ2v) is 5.98. The molecule has 1 N–H and O–H groups in total. The lowest BCUT2D eigenvalue weighted by Crippen LogP contribution is -2.35. The topological polar surface area (TPSA) is 25.2 Å². The first kappa shape index (κ1) is 13.4. The Morgan fingerprint density at radius 3 is 2.61 bits per heavy atom. The Hall–Kier alpha value is -0.990. The van der Waals surface area contributed by atoms with Gasteiger partial charge in [0, 0.05) is 16.5 Å². The van der Waals surface area contributed by atoms with E-state index in [1.165, 1.54) is 5.56 Å². The number of benzene rings is 1. The van der Waals surface area contributed by atoms with Crippen LogP contribution in [0.5, 0.6) is 0 Å². The number of rotatable bonds is 3. The summed E-state index contributed by atoms with van der Waals surface area (Å²) in [4.78, 5) is 0. The number of fused-ring (bicyclic) bond motifs is 1. The van der Waals surface area contributed by atoms with Gasteiger partial charge < -0.3 is 9.73 Å². The molecule has 0 unspecified atom stereocenters. The molecule has 0 bridgehead atoms. The maximum absolute atomic E-state index is 6.18. The van der Waals surface area contributed by atoms with E-state index in [1.807, 2.05) is 12.1 Å². The van der Waals surface area contributed by atoms with Gasteiger partial charge in [0.05, 0.1) is 11.6 Å². The summed E-state index contributed by atoms with van der Waals surface area (Å²) in [7, 11) is 0. The van der Waals surface area contributed by atoms with Crippen molar-refractivity contribution in [3.8, 4) is 0 Å². The van der Waals surface area contributed by atoms with Gasteiger partial charge >= 0.3 is 0 Å². The average molecular weight is 266 g/mol. The van der Waals surface area contributed by atoms with Gasteiger partial charge in [0.1, 0.15) is 5.76 Å². The molecule has 0 aliphatic rings. The van der Waals surface area contributed by atoms with Gasteiger partial charge in [-0.25, -0.2) is 0 Å². The summed E-state index contributed by atoms with van der Waals surface area (Å²) >= 11 is 6.18. The smallest absolute Gasteiger partial charge is 0.153 e. The van der Waals surface area contributed by atoms with E-state index < -0.39 is 0 Å². The highest BCUT2D eigenvalue weighted by molar-refractivity contribution is 6.34. The van der Waals surface area contributed by atoms with E-state index in [2.05, 4.69) is 39.1 Å². The van der Waals surface area contributed by atoms with Gasteiger partial charge in [-0.15, -0.1) is 0 Å². The summed E-state index contributed by atoms with van der Waals surface area (Å²) in [6, 6.07) is 5.91. The fourth-order valence-corrected chi connectivity index (χ4v) is 2.27. The second kappa shape index (κ2) is 4.94. The minimum absolute atomic E-state index is 0.0772. The molecule has 1 aromatic heterocycles. The van der Waals surface area contributed by atoms with Gasteiger partial charge in [-0.1, -0.05) is 30.7 Å². The summed E-state index contributed by atoms with van der Waals surface area (Å²) in [5.41, 5.74) is 2.14. The molecule has 1 aromatic carbocycles. The average Bonchev–Trinajstić information content (AvgIpc) is 2.64. The van der Waals surface area contributed by atoms with Crippen LogP contribution in [-0.2, 0) is 13.0 Å². The van der Waals surface area contributed by atoms with E-state index >= 15 is 0 Å². The van der Waals surface area contributed by atoms with Gasteiger partial charge in [-0.2, -0.15) is 0 Å². The Bertz CT molecular complexity index is 551. The third-order valence-electron chi connectivity index (χ3n) is 2.99. The lowest BCUT2D eigenvalue weighted by atomic mass is 10.1. The Morgan fingerprint density at radius 1 is 1.28 bits per heavy atom. The van der Waals surface area contributed by atoms with Crippen molar-refractivity contribution in [3.63, 3.8) is 0 Å². The zero-order valence-corrected chi connectivity index (χ0v) is 12.2. The number of aryl methyl sites for hydroxylation is 1. The number of nitrogens with one attached hydrogen (secondary N) is 1. The van der Waals surface area contributed by atoms with Gasteiger partial charge in [0.2, 0.25) is 0 Å². The molecule has 3 heteroatoms. The van der Waals surface area contributed by atoms with Crippen molar-refractivity contribution in [1.29, 1.82) is 0 Å². The highest BCUT2D eigenvalue weighted by atomic mass is 35.5. The monoisotopic (exact) mass is 265 g/mol. The molecule has 2 aromatic rings. The number of furan rings is 1.